The van der Waals surface area contributed by atoms with Crippen molar-refractivity contribution in [1.29, 1.82) is 0 Å². The van der Waals surface area contributed by atoms with Crippen LogP contribution in [0.3, 0.4) is 0 Å². The first-order valence-electron chi connectivity index (χ1n) is 5.89. The molecule has 0 bridgehead atoms. The zero-order chi connectivity index (χ0) is 15.6. The van der Waals surface area contributed by atoms with Crippen LogP contribution in [0.2, 0.25) is 10.2 Å². The molecule has 0 spiro atoms. The number of carbonyl (C=O) groups is 1. The highest BCUT2D eigenvalue weighted by Gasteiger charge is 2.19. The standard InChI is InChI=1S/C14H10Cl2F2N2O/c1-20(7-10-11(15)3-2-4-12(10)18)14(21)9-5-8(17)6-19-13(9)16/h2-6H,7H2,1H3. The van der Waals surface area contributed by atoms with Crippen LogP contribution in [0.25, 0.3) is 0 Å². The van der Waals surface area contributed by atoms with Crippen molar-refractivity contribution in [3.63, 3.8) is 0 Å². The largest absolute Gasteiger partial charge is 0.337 e. The Bertz CT molecular complexity index is 674. The molecule has 0 aliphatic carbocycles. The number of pyridine rings is 1. The van der Waals surface area contributed by atoms with Crippen molar-refractivity contribution < 1.29 is 13.6 Å². The topological polar surface area (TPSA) is 33.2 Å². The molecule has 0 N–H and O–H groups in total. The monoisotopic (exact) mass is 330 g/mol. The smallest absolute Gasteiger partial charge is 0.257 e. The van der Waals surface area contributed by atoms with E-state index in [-0.39, 0.29) is 27.8 Å². The maximum atomic E-state index is 13.7. The van der Waals surface area contributed by atoms with Crippen LogP contribution in [0, 0.1) is 11.6 Å². The van der Waals surface area contributed by atoms with Crippen molar-refractivity contribution in [1.82, 2.24) is 9.88 Å². The summed E-state index contributed by atoms with van der Waals surface area (Å²) < 4.78 is 26.9. The Balaban J connectivity index is 2.26. The molecule has 110 valence electrons. The molecule has 2 aromatic rings. The van der Waals surface area contributed by atoms with Crippen molar-refractivity contribution in [2.24, 2.45) is 0 Å². The van der Waals surface area contributed by atoms with Gasteiger partial charge in [0.05, 0.1) is 11.8 Å². The molecule has 0 saturated heterocycles. The summed E-state index contributed by atoms with van der Waals surface area (Å²) >= 11 is 11.7. The maximum Gasteiger partial charge on any atom is 0.257 e. The SMILES string of the molecule is CN(Cc1c(F)cccc1Cl)C(=O)c1cc(F)cnc1Cl. The Hall–Kier alpha value is -1.72. The lowest BCUT2D eigenvalue weighted by atomic mass is 10.2. The molecule has 0 atom stereocenters. The van der Waals surface area contributed by atoms with Gasteiger partial charge in [-0.2, -0.15) is 0 Å². The number of benzene rings is 1. The fourth-order valence-corrected chi connectivity index (χ4v) is 2.18. The summed E-state index contributed by atoms with van der Waals surface area (Å²) in [6.45, 7) is -0.0722. The molecule has 1 aromatic heterocycles. The second-order valence-corrected chi connectivity index (χ2v) is 5.12. The van der Waals surface area contributed by atoms with E-state index < -0.39 is 17.5 Å². The van der Waals surface area contributed by atoms with Crippen LogP contribution in [-0.2, 0) is 6.54 Å². The van der Waals surface area contributed by atoms with Crippen molar-refractivity contribution in [2.45, 2.75) is 6.54 Å². The van der Waals surface area contributed by atoms with E-state index in [0.29, 0.717) is 0 Å². The molecule has 0 unspecified atom stereocenters. The molecule has 0 radical (unpaired) electrons. The predicted octanol–water partition coefficient (Wildman–Crippen LogP) is 3.94. The van der Waals surface area contributed by atoms with Gasteiger partial charge < -0.3 is 4.90 Å². The first-order valence-corrected chi connectivity index (χ1v) is 6.65. The van der Waals surface area contributed by atoms with E-state index in [2.05, 4.69) is 4.98 Å². The average Bonchev–Trinajstić information content (AvgIpc) is 2.44. The number of aromatic nitrogens is 1. The summed E-state index contributed by atoms with van der Waals surface area (Å²) in [7, 11) is 1.44. The molecule has 1 heterocycles. The van der Waals surface area contributed by atoms with Crippen LogP contribution < -0.4 is 0 Å². The fourth-order valence-electron chi connectivity index (χ4n) is 1.77. The summed E-state index contributed by atoms with van der Waals surface area (Å²) in [4.78, 5) is 17.0. The quantitative estimate of drug-likeness (QED) is 0.798. The van der Waals surface area contributed by atoms with Gasteiger partial charge in [0, 0.05) is 24.2 Å². The molecule has 0 fully saturated rings. The van der Waals surface area contributed by atoms with E-state index in [1.807, 2.05) is 0 Å². The third-order valence-corrected chi connectivity index (χ3v) is 3.50. The summed E-state index contributed by atoms with van der Waals surface area (Å²) in [5.41, 5.74) is 0.0853. The number of hydrogen-bond acceptors (Lipinski definition) is 2. The van der Waals surface area contributed by atoms with Gasteiger partial charge >= 0.3 is 0 Å². The van der Waals surface area contributed by atoms with Crippen molar-refractivity contribution in [3.8, 4) is 0 Å². The summed E-state index contributed by atoms with van der Waals surface area (Å²) in [5, 5.41) is 0.0889. The van der Waals surface area contributed by atoms with Crippen molar-refractivity contribution in [3.05, 3.63) is 63.4 Å². The van der Waals surface area contributed by atoms with Crippen LogP contribution >= 0.6 is 23.2 Å². The minimum atomic E-state index is -0.680. The molecular formula is C14H10Cl2F2N2O. The van der Waals surface area contributed by atoms with Gasteiger partial charge in [-0.1, -0.05) is 29.3 Å². The van der Waals surface area contributed by atoms with E-state index in [1.165, 1.54) is 30.1 Å². The zero-order valence-electron chi connectivity index (χ0n) is 10.9. The number of carbonyl (C=O) groups excluding carboxylic acids is 1. The highest BCUT2D eigenvalue weighted by atomic mass is 35.5. The van der Waals surface area contributed by atoms with Gasteiger partial charge in [-0.05, 0) is 18.2 Å². The van der Waals surface area contributed by atoms with Crippen LogP contribution in [0.4, 0.5) is 8.78 Å². The average molecular weight is 331 g/mol. The van der Waals surface area contributed by atoms with Crippen LogP contribution in [-0.4, -0.2) is 22.8 Å². The minimum absolute atomic E-state index is 0.0722. The third kappa shape index (κ3) is 3.49. The first kappa shape index (κ1) is 15.7. The number of nitrogens with zero attached hydrogens (tertiary/aromatic N) is 2. The van der Waals surface area contributed by atoms with Crippen LogP contribution in [0.15, 0.2) is 30.5 Å². The fraction of sp³-hybridized carbons (Fsp3) is 0.143. The van der Waals surface area contributed by atoms with Crippen LogP contribution in [0.1, 0.15) is 15.9 Å². The molecule has 1 amide bonds. The molecule has 7 heteroatoms. The summed E-state index contributed by atoms with van der Waals surface area (Å²) in [6.07, 6.45) is 0.910. The normalized spacial score (nSPS) is 10.5. The van der Waals surface area contributed by atoms with Crippen LogP contribution in [0.5, 0.6) is 0 Å². The van der Waals surface area contributed by atoms with E-state index in [0.717, 1.165) is 12.3 Å². The second-order valence-electron chi connectivity index (χ2n) is 4.35. The first-order chi connectivity index (χ1) is 9.90. The molecule has 21 heavy (non-hydrogen) atoms. The van der Waals surface area contributed by atoms with Gasteiger partial charge in [-0.3, -0.25) is 4.79 Å². The molecule has 0 aliphatic rings. The van der Waals surface area contributed by atoms with Gasteiger partial charge in [0.15, 0.2) is 0 Å². The predicted molar refractivity (Wildman–Crippen MR) is 76.4 cm³/mol. The zero-order valence-corrected chi connectivity index (χ0v) is 12.4. The Labute approximate surface area is 130 Å². The Morgan fingerprint density at radius 2 is 2.05 bits per heavy atom. The Kier molecular flexibility index (Phi) is 4.75. The Morgan fingerprint density at radius 3 is 2.71 bits per heavy atom. The van der Waals surface area contributed by atoms with E-state index in [1.54, 1.807) is 0 Å². The number of amides is 1. The lowest BCUT2D eigenvalue weighted by Gasteiger charge is -2.18. The maximum absolute atomic E-state index is 13.7. The molecule has 1 aromatic carbocycles. The highest BCUT2D eigenvalue weighted by molar-refractivity contribution is 6.32. The van der Waals surface area contributed by atoms with E-state index in [4.69, 9.17) is 23.2 Å². The summed E-state index contributed by atoms with van der Waals surface area (Å²) in [6, 6.07) is 5.22. The lowest BCUT2D eigenvalue weighted by molar-refractivity contribution is 0.0783. The molecule has 3 nitrogen and oxygen atoms in total. The van der Waals surface area contributed by atoms with Crippen molar-refractivity contribution in [2.75, 3.05) is 7.05 Å². The third-order valence-electron chi connectivity index (χ3n) is 2.84. The van der Waals surface area contributed by atoms with Gasteiger partial charge in [0.25, 0.3) is 5.91 Å². The second kappa shape index (κ2) is 6.37. The number of hydrogen-bond donors (Lipinski definition) is 0. The van der Waals surface area contributed by atoms with Gasteiger partial charge in [0.1, 0.15) is 16.8 Å². The minimum Gasteiger partial charge on any atom is -0.337 e. The number of halogens is 4. The Morgan fingerprint density at radius 1 is 1.33 bits per heavy atom. The van der Waals surface area contributed by atoms with Gasteiger partial charge in [0.2, 0.25) is 0 Å². The van der Waals surface area contributed by atoms with E-state index in [9.17, 15) is 13.6 Å². The van der Waals surface area contributed by atoms with E-state index >= 15 is 0 Å². The number of rotatable bonds is 3. The lowest BCUT2D eigenvalue weighted by Crippen LogP contribution is -2.27. The molecule has 0 saturated carbocycles. The molecule has 2 rings (SSSR count). The highest BCUT2D eigenvalue weighted by Crippen LogP contribution is 2.22. The molecular weight excluding hydrogens is 321 g/mol. The van der Waals surface area contributed by atoms with Crippen molar-refractivity contribution >= 4 is 29.1 Å². The summed E-state index contributed by atoms with van der Waals surface area (Å²) in [5.74, 6) is -1.78. The van der Waals surface area contributed by atoms with Gasteiger partial charge in [-0.15, -0.1) is 0 Å². The van der Waals surface area contributed by atoms with Gasteiger partial charge in [-0.25, -0.2) is 13.8 Å². The molecule has 0 aliphatic heterocycles.